The first-order valence-corrected chi connectivity index (χ1v) is 7.48. The Bertz CT molecular complexity index is 437. The molecule has 1 saturated carbocycles. The highest BCUT2D eigenvalue weighted by Crippen LogP contribution is 2.49. The van der Waals surface area contributed by atoms with Gasteiger partial charge in [0.25, 0.3) is 0 Å². The van der Waals surface area contributed by atoms with E-state index < -0.39 is 0 Å². The molecule has 2 nitrogen and oxygen atoms in total. The molecule has 0 amide bonds. The number of nitrogens with one attached hydrogen (secondary N) is 1. The molecule has 19 heavy (non-hydrogen) atoms. The number of aryl methyl sites for hydroxylation is 2. The Hall–Kier alpha value is -1.02. The van der Waals surface area contributed by atoms with E-state index in [9.17, 15) is 0 Å². The third kappa shape index (κ3) is 2.38. The summed E-state index contributed by atoms with van der Waals surface area (Å²) in [5.74, 6) is 1.05. The lowest BCUT2D eigenvalue weighted by molar-refractivity contribution is -0.0838. The summed E-state index contributed by atoms with van der Waals surface area (Å²) in [5.41, 5.74) is 2.84. The number of ether oxygens (including phenoxy) is 1. The Morgan fingerprint density at radius 1 is 1.26 bits per heavy atom. The van der Waals surface area contributed by atoms with Gasteiger partial charge in [0.1, 0.15) is 11.9 Å². The van der Waals surface area contributed by atoms with Crippen LogP contribution in [-0.4, -0.2) is 19.2 Å². The fourth-order valence-electron chi connectivity index (χ4n) is 3.60. The second-order valence-electron chi connectivity index (χ2n) is 5.89. The molecular weight excluding hydrogens is 234 g/mol. The molecule has 1 fully saturated rings. The van der Waals surface area contributed by atoms with E-state index >= 15 is 0 Å². The molecule has 0 spiro atoms. The summed E-state index contributed by atoms with van der Waals surface area (Å²) in [6.07, 6.45) is 3.81. The van der Waals surface area contributed by atoms with E-state index in [1.807, 2.05) is 0 Å². The van der Waals surface area contributed by atoms with Gasteiger partial charge in [-0.2, -0.15) is 0 Å². The van der Waals surface area contributed by atoms with E-state index in [4.69, 9.17) is 4.74 Å². The van der Waals surface area contributed by atoms with Gasteiger partial charge in [-0.1, -0.05) is 31.5 Å². The molecule has 1 aromatic rings. The molecule has 1 aliphatic carbocycles. The first-order chi connectivity index (χ1) is 9.07. The Morgan fingerprint density at radius 2 is 1.95 bits per heavy atom. The minimum atomic E-state index is 0.298. The van der Waals surface area contributed by atoms with Crippen LogP contribution < -0.4 is 10.1 Å². The molecule has 0 radical (unpaired) electrons. The van der Waals surface area contributed by atoms with Crippen LogP contribution in [0.3, 0.4) is 0 Å². The van der Waals surface area contributed by atoms with Crippen molar-refractivity contribution in [1.82, 2.24) is 5.32 Å². The van der Waals surface area contributed by atoms with Gasteiger partial charge in [-0.05, 0) is 45.4 Å². The molecule has 2 heteroatoms. The lowest BCUT2D eigenvalue weighted by atomic mass is 9.58. The van der Waals surface area contributed by atoms with E-state index in [1.54, 1.807) is 0 Å². The molecule has 2 unspecified atom stereocenters. The maximum absolute atomic E-state index is 6.33. The minimum absolute atomic E-state index is 0.298. The molecule has 1 N–H and O–H groups in total. The zero-order chi connectivity index (χ0) is 14.0. The van der Waals surface area contributed by atoms with Crippen LogP contribution in [0.25, 0.3) is 0 Å². The van der Waals surface area contributed by atoms with Crippen molar-refractivity contribution >= 4 is 0 Å². The number of rotatable bonds is 5. The summed E-state index contributed by atoms with van der Waals surface area (Å²) in [6, 6.07) is 7.05. The SMILES string of the molecule is CCC1(CC)C(NC)CC1Oc1ccc(C)cc1C. The van der Waals surface area contributed by atoms with Crippen LogP contribution in [0.4, 0.5) is 0 Å². The van der Waals surface area contributed by atoms with Gasteiger partial charge in [-0.3, -0.25) is 0 Å². The van der Waals surface area contributed by atoms with Crippen LogP contribution in [-0.2, 0) is 0 Å². The average Bonchev–Trinajstić information content (AvgIpc) is 2.38. The summed E-state index contributed by atoms with van der Waals surface area (Å²) in [5, 5.41) is 3.45. The summed E-state index contributed by atoms with van der Waals surface area (Å²) in [6.45, 7) is 8.83. The standard InChI is InChI=1S/C17H27NO/c1-6-17(7-2)15(18-5)11-16(17)19-14-9-8-12(3)10-13(14)4/h8-10,15-16,18H,6-7,11H2,1-5H3. The number of hydrogen-bond donors (Lipinski definition) is 1. The zero-order valence-electron chi connectivity index (χ0n) is 12.9. The molecule has 1 aliphatic rings. The highest BCUT2D eigenvalue weighted by Gasteiger charge is 2.53. The van der Waals surface area contributed by atoms with Crippen molar-refractivity contribution in [3.05, 3.63) is 29.3 Å². The van der Waals surface area contributed by atoms with Gasteiger partial charge in [-0.25, -0.2) is 0 Å². The largest absolute Gasteiger partial charge is 0.489 e. The summed E-state index contributed by atoms with van der Waals surface area (Å²) >= 11 is 0. The smallest absolute Gasteiger partial charge is 0.122 e. The normalized spacial score (nSPS) is 24.9. The van der Waals surface area contributed by atoms with Crippen molar-refractivity contribution in [1.29, 1.82) is 0 Å². The quantitative estimate of drug-likeness (QED) is 0.869. The first kappa shape index (κ1) is 14.4. The van der Waals surface area contributed by atoms with Gasteiger partial charge >= 0.3 is 0 Å². The van der Waals surface area contributed by atoms with E-state index in [0.29, 0.717) is 17.6 Å². The van der Waals surface area contributed by atoms with Crippen LogP contribution in [0.1, 0.15) is 44.2 Å². The predicted octanol–water partition coefficient (Wildman–Crippen LogP) is 3.85. The van der Waals surface area contributed by atoms with Crippen molar-refractivity contribution in [2.75, 3.05) is 7.05 Å². The Labute approximate surface area is 117 Å². The van der Waals surface area contributed by atoms with Crippen LogP contribution in [0.5, 0.6) is 5.75 Å². The number of benzene rings is 1. The predicted molar refractivity (Wildman–Crippen MR) is 80.8 cm³/mol. The van der Waals surface area contributed by atoms with Gasteiger partial charge in [-0.15, -0.1) is 0 Å². The maximum Gasteiger partial charge on any atom is 0.122 e. The van der Waals surface area contributed by atoms with Crippen LogP contribution in [0.15, 0.2) is 18.2 Å². The fraction of sp³-hybridized carbons (Fsp3) is 0.647. The summed E-state index contributed by atoms with van der Waals surface area (Å²) in [4.78, 5) is 0. The second-order valence-corrected chi connectivity index (χ2v) is 5.89. The minimum Gasteiger partial charge on any atom is -0.489 e. The van der Waals surface area contributed by atoms with Gasteiger partial charge in [0.05, 0.1) is 0 Å². The lowest BCUT2D eigenvalue weighted by Crippen LogP contribution is -2.63. The molecule has 1 aromatic carbocycles. The Kier molecular flexibility index (Phi) is 4.19. The maximum atomic E-state index is 6.33. The van der Waals surface area contributed by atoms with E-state index in [2.05, 4.69) is 58.3 Å². The number of hydrogen-bond acceptors (Lipinski definition) is 2. The molecule has 0 heterocycles. The Morgan fingerprint density at radius 3 is 2.47 bits per heavy atom. The summed E-state index contributed by atoms with van der Waals surface area (Å²) < 4.78 is 6.33. The highest BCUT2D eigenvalue weighted by atomic mass is 16.5. The van der Waals surface area contributed by atoms with Gasteiger partial charge in [0.15, 0.2) is 0 Å². The molecule has 2 atom stereocenters. The summed E-state index contributed by atoms with van der Waals surface area (Å²) in [7, 11) is 2.07. The van der Waals surface area contributed by atoms with Gasteiger partial charge < -0.3 is 10.1 Å². The molecule has 0 aliphatic heterocycles. The first-order valence-electron chi connectivity index (χ1n) is 7.48. The van der Waals surface area contributed by atoms with Crippen molar-refractivity contribution < 1.29 is 4.74 Å². The topological polar surface area (TPSA) is 21.3 Å². The zero-order valence-corrected chi connectivity index (χ0v) is 12.9. The fourth-order valence-corrected chi connectivity index (χ4v) is 3.60. The van der Waals surface area contributed by atoms with Crippen LogP contribution in [0.2, 0.25) is 0 Å². The molecular formula is C17H27NO. The van der Waals surface area contributed by atoms with Gasteiger partial charge in [0.2, 0.25) is 0 Å². The average molecular weight is 261 g/mol. The molecule has 106 valence electrons. The van der Waals surface area contributed by atoms with Crippen molar-refractivity contribution in [3.8, 4) is 5.75 Å². The second kappa shape index (κ2) is 5.54. The molecule has 0 aromatic heterocycles. The van der Waals surface area contributed by atoms with Crippen molar-refractivity contribution in [2.24, 2.45) is 5.41 Å². The van der Waals surface area contributed by atoms with Gasteiger partial charge in [0, 0.05) is 17.9 Å². The van der Waals surface area contributed by atoms with Crippen LogP contribution in [0, 0.1) is 19.3 Å². The third-order valence-corrected chi connectivity index (χ3v) is 5.05. The van der Waals surface area contributed by atoms with Crippen molar-refractivity contribution in [2.45, 2.75) is 59.1 Å². The molecule has 0 saturated heterocycles. The van der Waals surface area contributed by atoms with E-state index in [0.717, 1.165) is 12.2 Å². The monoisotopic (exact) mass is 261 g/mol. The molecule has 2 rings (SSSR count). The van der Waals surface area contributed by atoms with E-state index in [1.165, 1.54) is 24.0 Å². The van der Waals surface area contributed by atoms with E-state index in [-0.39, 0.29) is 0 Å². The lowest BCUT2D eigenvalue weighted by Gasteiger charge is -2.55. The highest BCUT2D eigenvalue weighted by molar-refractivity contribution is 5.36. The van der Waals surface area contributed by atoms with Crippen LogP contribution >= 0.6 is 0 Å². The Balaban J connectivity index is 2.15. The molecule has 0 bridgehead atoms. The van der Waals surface area contributed by atoms with Crippen molar-refractivity contribution in [3.63, 3.8) is 0 Å². The third-order valence-electron chi connectivity index (χ3n) is 5.05.